The van der Waals surface area contributed by atoms with Crippen LogP contribution in [0.2, 0.25) is 0 Å². The molecule has 0 saturated carbocycles. The molecule has 0 atom stereocenters. The van der Waals surface area contributed by atoms with E-state index in [1.807, 2.05) is 44.1 Å². The van der Waals surface area contributed by atoms with Crippen LogP contribution in [0.25, 0.3) is 0 Å². The van der Waals surface area contributed by atoms with Crippen LogP contribution < -0.4 is 10.2 Å². The maximum Gasteiger partial charge on any atom is 0.277 e. The number of imide groups is 1. The average Bonchev–Trinajstić information content (AvgIpc) is 2.67. The van der Waals surface area contributed by atoms with Crippen molar-refractivity contribution >= 4 is 23.2 Å². The van der Waals surface area contributed by atoms with Crippen LogP contribution in [0.3, 0.4) is 0 Å². The molecule has 0 saturated heterocycles. The van der Waals surface area contributed by atoms with Gasteiger partial charge in [-0.1, -0.05) is 6.07 Å². The fourth-order valence-electron chi connectivity index (χ4n) is 2.19. The zero-order valence-electron chi connectivity index (χ0n) is 12.4. The van der Waals surface area contributed by atoms with Gasteiger partial charge in [-0.2, -0.15) is 0 Å². The molecular weight excluding hydrogens is 270 g/mol. The first-order valence-corrected chi connectivity index (χ1v) is 6.67. The minimum atomic E-state index is -0.416. The van der Waals surface area contributed by atoms with Crippen LogP contribution in [0.4, 0.5) is 11.4 Å². The number of aryl methyl sites for hydroxylation is 1. The maximum absolute atomic E-state index is 12.1. The number of hydrogen-bond donors (Lipinski definition) is 2. The van der Waals surface area contributed by atoms with Gasteiger partial charge in [-0.15, -0.1) is 0 Å². The largest absolute Gasteiger partial charge is 0.395 e. The number of nitrogens with one attached hydrogen (secondary N) is 1. The molecule has 2 rings (SSSR count). The van der Waals surface area contributed by atoms with Gasteiger partial charge in [0, 0.05) is 20.2 Å². The number of amides is 2. The lowest BCUT2D eigenvalue weighted by Gasteiger charge is -2.20. The molecule has 112 valence electrons. The Labute approximate surface area is 123 Å². The number of β-amino-alcohol motifs (C(OH)–C–C–N with tert-alkyl or cyclic N) is 1. The Hall–Kier alpha value is -2.34. The molecule has 21 heavy (non-hydrogen) atoms. The second-order valence-corrected chi connectivity index (χ2v) is 5.12. The number of hydrogen-bond acceptors (Lipinski definition) is 5. The molecule has 2 N–H and O–H groups in total. The molecule has 1 aromatic rings. The van der Waals surface area contributed by atoms with Crippen molar-refractivity contribution in [2.45, 2.75) is 6.92 Å². The molecule has 0 bridgehead atoms. The highest BCUT2D eigenvalue weighted by Crippen LogP contribution is 2.28. The van der Waals surface area contributed by atoms with Crippen LogP contribution in [0.5, 0.6) is 0 Å². The zero-order valence-corrected chi connectivity index (χ0v) is 12.4. The smallest absolute Gasteiger partial charge is 0.277 e. The summed E-state index contributed by atoms with van der Waals surface area (Å²) in [5.41, 5.74) is 2.95. The highest BCUT2D eigenvalue weighted by atomic mass is 16.3. The van der Waals surface area contributed by atoms with Crippen molar-refractivity contribution in [1.82, 2.24) is 4.90 Å². The van der Waals surface area contributed by atoms with Gasteiger partial charge in [-0.3, -0.25) is 14.5 Å². The lowest BCUT2D eigenvalue weighted by Crippen LogP contribution is -2.34. The normalized spacial score (nSPS) is 14.5. The summed E-state index contributed by atoms with van der Waals surface area (Å²) in [6.45, 7) is 1.72. The van der Waals surface area contributed by atoms with E-state index in [0.717, 1.165) is 21.8 Å². The molecule has 6 nitrogen and oxygen atoms in total. The van der Waals surface area contributed by atoms with E-state index in [4.69, 9.17) is 5.11 Å². The number of benzene rings is 1. The van der Waals surface area contributed by atoms with Crippen molar-refractivity contribution in [3.05, 3.63) is 35.5 Å². The second-order valence-electron chi connectivity index (χ2n) is 5.12. The molecule has 6 heteroatoms. The summed E-state index contributed by atoms with van der Waals surface area (Å²) in [6, 6.07) is 5.85. The van der Waals surface area contributed by atoms with Crippen molar-refractivity contribution in [2.75, 3.05) is 37.5 Å². The summed E-state index contributed by atoms with van der Waals surface area (Å²) in [5.74, 6) is -0.823. The monoisotopic (exact) mass is 289 g/mol. The number of carbonyl (C=O) groups excluding carboxylic acids is 2. The van der Waals surface area contributed by atoms with Crippen molar-refractivity contribution in [3.8, 4) is 0 Å². The van der Waals surface area contributed by atoms with Crippen molar-refractivity contribution in [1.29, 1.82) is 0 Å². The molecule has 0 spiro atoms. The van der Waals surface area contributed by atoms with Crippen molar-refractivity contribution in [3.63, 3.8) is 0 Å². The minimum absolute atomic E-state index is 0.00764. The zero-order chi connectivity index (χ0) is 15.6. The summed E-state index contributed by atoms with van der Waals surface area (Å²) >= 11 is 0. The molecule has 0 fully saturated rings. The molecule has 0 aromatic heterocycles. The van der Waals surface area contributed by atoms with Crippen LogP contribution in [0.15, 0.2) is 30.0 Å². The second kappa shape index (κ2) is 5.97. The molecular formula is C15H19N3O3. The van der Waals surface area contributed by atoms with E-state index in [1.165, 1.54) is 6.08 Å². The topological polar surface area (TPSA) is 72.9 Å². The van der Waals surface area contributed by atoms with Crippen molar-refractivity contribution in [2.24, 2.45) is 0 Å². The van der Waals surface area contributed by atoms with Gasteiger partial charge in [-0.25, -0.2) is 0 Å². The van der Waals surface area contributed by atoms with Gasteiger partial charge in [0.05, 0.1) is 24.5 Å². The maximum atomic E-state index is 12.1. The fourth-order valence-corrected chi connectivity index (χ4v) is 2.19. The van der Waals surface area contributed by atoms with Gasteiger partial charge < -0.3 is 15.3 Å². The fraction of sp³-hybridized carbons (Fsp3) is 0.333. The van der Waals surface area contributed by atoms with Crippen LogP contribution in [-0.2, 0) is 9.59 Å². The van der Waals surface area contributed by atoms with Gasteiger partial charge in [-0.05, 0) is 24.6 Å². The highest BCUT2D eigenvalue weighted by Gasteiger charge is 2.30. The Balaban J connectivity index is 2.27. The predicted octanol–water partition coefficient (Wildman–Crippen LogP) is 0.718. The van der Waals surface area contributed by atoms with E-state index >= 15 is 0 Å². The van der Waals surface area contributed by atoms with E-state index < -0.39 is 11.8 Å². The lowest BCUT2D eigenvalue weighted by atomic mass is 10.1. The molecule has 1 heterocycles. The first-order chi connectivity index (χ1) is 9.93. The predicted molar refractivity (Wildman–Crippen MR) is 81.0 cm³/mol. The Morgan fingerprint density at radius 2 is 2.00 bits per heavy atom. The Morgan fingerprint density at radius 1 is 1.29 bits per heavy atom. The summed E-state index contributed by atoms with van der Waals surface area (Å²) in [4.78, 5) is 26.8. The van der Waals surface area contributed by atoms with Gasteiger partial charge >= 0.3 is 0 Å². The van der Waals surface area contributed by atoms with E-state index in [-0.39, 0.29) is 18.8 Å². The number of carbonyl (C=O) groups is 2. The number of anilines is 2. The van der Waals surface area contributed by atoms with E-state index in [2.05, 4.69) is 5.32 Å². The highest BCUT2D eigenvalue weighted by molar-refractivity contribution is 6.17. The van der Waals surface area contributed by atoms with Crippen molar-refractivity contribution < 1.29 is 14.7 Å². The van der Waals surface area contributed by atoms with E-state index in [1.54, 1.807) is 0 Å². The van der Waals surface area contributed by atoms with Crippen LogP contribution in [0.1, 0.15) is 5.56 Å². The van der Waals surface area contributed by atoms with Crippen LogP contribution >= 0.6 is 0 Å². The molecule has 1 aliphatic rings. The summed E-state index contributed by atoms with van der Waals surface area (Å²) in [6.07, 6.45) is 1.26. The number of aliphatic hydroxyl groups is 1. The number of aliphatic hydroxyl groups excluding tert-OH is 1. The summed E-state index contributed by atoms with van der Waals surface area (Å²) < 4.78 is 0. The number of rotatable bonds is 5. The quantitative estimate of drug-likeness (QED) is 0.781. The molecule has 1 aliphatic heterocycles. The van der Waals surface area contributed by atoms with Gasteiger partial charge in [0.15, 0.2) is 0 Å². The molecule has 0 radical (unpaired) electrons. The van der Waals surface area contributed by atoms with E-state index in [9.17, 15) is 9.59 Å². The first kappa shape index (κ1) is 15.1. The van der Waals surface area contributed by atoms with E-state index in [0.29, 0.717) is 0 Å². The Kier molecular flexibility index (Phi) is 4.28. The Bertz CT molecular complexity index is 608. The summed E-state index contributed by atoms with van der Waals surface area (Å²) in [5, 5.41) is 11.9. The number of nitrogens with zero attached hydrogens (tertiary/aromatic N) is 2. The SMILES string of the molecule is Cc1ccc(N(C)C)c(NC2=CC(=O)N(CCO)C2=O)c1. The minimum Gasteiger partial charge on any atom is -0.395 e. The molecule has 0 unspecified atom stereocenters. The molecule has 2 amide bonds. The summed E-state index contributed by atoms with van der Waals surface area (Å²) in [7, 11) is 3.81. The average molecular weight is 289 g/mol. The third-order valence-electron chi connectivity index (χ3n) is 3.24. The molecule has 1 aromatic carbocycles. The van der Waals surface area contributed by atoms with Crippen LogP contribution in [-0.4, -0.2) is 49.1 Å². The standard InChI is InChI=1S/C15H19N3O3/c1-10-4-5-13(17(2)3)11(8-10)16-12-9-14(20)18(6-7-19)15(12)21/h4-5,8-9,16,19H,6-7H2,1-3H3. The van der Waals surface area contributed by atoms with Crippen LogP contribution in [0, 0.1) is 6.92 Å². The van der Waals surface area contributed by atoms with Gasteiger partial charge in [0.2, 0.25) is 0 Å². The Morgan fingerprint density at radius 3 is 2.62 bits per heavy atom. The lowest BCUT2D eigenvalue weighted by molar-refractivity contribution is -0.137. The molecule has 0 aliphatic carbocycles. The van der Waals surface area contributed by atoms with Gasteiger partial charge in [0.25, 0.3) is 11.8 Å². The third kappa shape index (κ3) is 3.05. The first-order valence-electron chi connectivity index (χ1n) is 6.67. The third-order valence-corrected chi connectivity index (χ3v) is 3.24. The van der Waals surface area contributed by atoms with Gasteiger partial charge in [0.1, 0.15) is 5.70 Å².